The number of benzene rings is 1. The first kappa shape index (κ1) is 9.54. The van der Waals surface area contributed by atoms with Crippen LogP contribution in [0.3, 0.4) is 0 Å². The van der Waals surface area contributed by atoms with Crippen molar-refractivity contribution in [2.24, 2.45) is 0 Å². The molecule has 1 heterocycles. The number of hydrogen-bond donors (Lipinski definition) is 2. The largest absolute Gasteiger partial charge is 0.387 e. The molecule has 4 nitrogen and oxygen atoms in total. The Balaban J connectivity index is 1.70. The Labute approximate surface area is 93.3 Å². The van der Waals surface area contributed by atoms with Crippen LogP contribution in [-0.2, 0) is 6.42 Å². The zero-order valence-electron chi connectivity index (χ0n) is 8.80. The fraction of sp³-hybridized carbons (Fsp3) is 0.333. The molecule has 1 aromatic heterocycles. The average molecular weight is 215 g/mol. The molecule has 2 N–H and O–H groups in total. The summed E-state index contributed by atoms with van der Waals surface area (Å²) in [5, 5.41) is 20.1. The molecule has 0 fully saturated rings. The Bertz CT molecular complexity index is 481. The number of aromatic nitrogens is 3. The summed E-state index contributed by atoms with van der Waals surface area (Å²) in [5.74, 6) is 0.461. The first-order valence-corrected chi connectivity index (χ1v) is 5.46. The summed E-state index contributed by atoms with van der Waals surface area (Å²) in [5.41, 5.74) is 3.40. The van der Waals surface area contributed by atoms with E-state index in [0.29, 0.717) is 11.6 Å². The molecular formula is C12H13N3O. The zero-order chi connectivity index (χ0) is 11.0. The van der Waals surface area contributed by atoms with Gasteiger partial charge in [0, 0.05) is 0 Å². The average Bonchev–Trinajstić information content (AvgIpc) is 2.79. The van der Waals surface area contributed by atoms with Gasteiger partial charge in [-0.05, 0) is 29.9 Å². The van der Waals surface area contributed by atoms with E-state index in [2.05, 4.69) is 33.6 Å². The van der Waals surface area contributed by atoms with Crippen LogP contribution < -0.4 is 0 Å². The van der Waals surface area contributed by atoms with Gasteiger partial charge in [0.25, 0.3) is 0 Å². The van der Waals surface area contributed by atoms with Gasteiger partial charge in [0.15, 0.2) is 0 Å². The van der Waals surface area contributed by atoms with Crippen LogP contribution in [-0.4, -0.2) is 20.5 Å². The standard InChI is InChI=1S/C12H13N3O/c16-12(11-7-13-15-14-11)6-9-5-8-3-1-2-4-10(8)9/h1-4,7,9,12,16H,5-6H2,(H,13,14,15). The molecule has 1 aromatic carbocycles. The van der Waals surface area contributed by atoms with Crippen molar-refractivity contribution in [3.05, 3.63) is 47.3 Å². The normalized spacial score (nSPS) is 19.9. The van der Waals surface area contributed by atoms with Gasteiger partial charge in [-0.2, -0.15) is 15.4 Å². The van der Waals surface area contributed by atoms with Gasteiger partial charge < -0.3 is 5.11 Å². The number of aliphatic hydroxyl groups is 1. The van der Waals surface area contributed by atoms with E-state index in [0.717, 1.165) is 12.8 Å². The predicted molar refractivity (Wildman–Crippen MR) is 58.8 cm³/mol. The molecule has 0 saturated heterocycles. The Morgan fingerprint density at radius 1 is 1.44 bits per heavy atom. The number of H-pyrrole nitrogens is 1. The number of nitrogens with one attached hydrogen (secondary N) is 1. The third-order valence-corrected chi connectivity index (χ3v) is 3.24. The molecule has 0 radical (unpaired) electrons. The van der Waals surface area contributed by atoms with E-state index in [1.807, 2.05) is 6.07 Å². The van der Waals surface area contributed by atoms with Crippen molar-refractivity contribution in [1.29, 1.82) is 0 Å². The molecular weight excluding hydrogens is 202 g/mol. The van der Waals surface area contributed by atoms with Crippen LogP contribution >= 0.6 is 0 Å². The minimum Gasteiger partial charge on any atom is -0.387 e. The fourth-order valence-electron chi connectivity index (χ4n) is 2.33. The van der Waals surface area contributed by atoms with Gasteiger partial charge in [-0.3, -0.25) is 0 Å². The van der Waals surface area contributed by atoms with E-state index in [1.165, 1.54) is 11.1 Å². The van der Waals surface area contributed by atoms with E-state index < -0.39 is 6.10 Å². The number of aliphatic hydroxyl groups excluding tert-OH is 1. The molecule has 3 rings (SSSR count). The summed E-state index contributed by atoms with van der Waals surface area (Å²) in [6.07, 6.45) is 2.85. The first-order valence-electron chi connectivity index (χ1n) is 5.46. The summed E-state index contributed by atoms with van der Waals surface area (Å²) in [4.78, 5) is 0. The van der Waals surface area contributed by atoms with E-state index >= 15 is 0 Å². The quantitative estimate of drug-likeness (QED) is 0.816. The molecule has 0 amide bonds. The lowest BCUT2D eigenvalue weighted by Gasteiger charge is -2.31. The molecule has 0 spiro atoms. The molecule has 2 atom stereocenters. The maximum absolute atomic E-state index is 9.95. The van der Waals surface area contributed by atoms with Crippen LogP contribution in [0.2, 0.25) is 0 Å². The van der Waals surface area contributed by atoms with Gasteiger partial charge in [0.05, 0.1) is 6.20 Å². The van der Waals surface area contributed by atoms with Crippen molar-refractivity contribution in [1.82, 2.24) is 15.4 Å². The molecule has 2 aromatic rings. The van der Waals surface area contributed by atoms with Gasteiger partial charge in [-0.25, -0.2) is 0 Å². The van der Waals surface area contributed by atoms with Crippen LogP contribution in [0.4, 0.5) is 0 Å². The lowest BCUT2D eigenvalue weighted by Crippen LogP contribution is -2.19. The highest BCUT2D eigenvalue weighted by atomic mass is 16.3. The second-order valence-corrected chi connectivity index (χ2v) is 4.25. The Morgan fingerprint density at radius 2 is 2.31 bits per heavy atom. The number of rotatable bonds is 3. The van der Waals surface area contributed by atoms with Crippen molar-refractivity contribution in [2.75, 3.05) is 0 Å². The summed E-state index contributed by atoms with van der Waals surface area (Å²) < 4.78 is 0. The first-order chi connectivity index (χ1) is 7.84. The summed E-state index contributed by atoms with van der Waals surface area (Å²) in [6, 6.07) is 8.39. The summed E-state index contributed by atoms with van der Waals surface area (Å²) in [7, 11) is 0. The monoisotopic (exact) mass is 215 g/mol. The highest BCUT2D eigenvalue weighted by Gasteiger charge is 2.28. The lowest BCUT2D eigenvalue weighted by atomic mass is 9.74. The second kappa shape index (κ2) is 3.72. The molecule has 0 bridgehead atoms. The predicted octanol–water partition coefficient (Wildman–Crippen LogP) is 1.57. The van der Waals surface area contributed by atoms with E-state index in [4.69, 9.17) is 0 Å². The molecule has 4 heteroatoms. The highest BCUT2D eigenvalue weighted by Crippen LogP contribution is 2.40. The van der Waals surface area contributed by atoms with Gasteiger partial charge in [0.1, 0.15) is 11.8 Å². The Hall–Kier alpha value is -1.68. The summed E-state index contributed by atoms with van der Waals surface area (Å²) >= 11 is 0. The third kappa shape index (κ3) is 1.51. The smallest absolute Gasteiger partial charge is 0.111 e. The SMILES string of the molecule is OC(CC1Cc2ccccc21)c1cn[nH]n1. The molecule has 1 aliphatic rings. The number of hydrogen-bond acceptors (Lipinski definition) is 3. The van der Waals surface area contributed by atoms with Crippen molar-refractivity contribution in [3.63, 3.8) is 0 Å². The topological polar surface area (TPSA) is 61.8 Å². The summed E-state index contributed by atoms with van der Waals surface area (Å²) in [6.45, 7) is 0. The van der Waals surface area contributed by atoms with E-state index in [1.54, 1.807) is 6.20 Å². The molecule has 2 unspecified atom stereocenters. The Kier molecular flexibility index (Phi) is 2.22. The van der Waals surface area contributed by atoms with Crippen molar-refractivity contribution >= 4 is 0 Å². The van der Waals surface area contributed by atoms with Crippen LogP contribution in [0.15, 0.2) is 30.5 Å². The molecule has 0 aliphatic heterocycles. The van der Waals surface area contributed by atoms with Crippen LogP contribution in [0.5, 0.6) is 0 Å². The minimum atomic E-state index is -0.517. The Morgan fingerprint density at radius 3 is 3.06 bits per heavy atom. The van der Waals surface area contributed by atoms with Crippen molar-refractivity contribution < 1.29 is 5.11 Å². The zero-order valence-corrected chi connectivity index (χ0v) is 8.80. The molecule has 0 saturated carbocycles. The van der Waals surface area contributed by atoms with E-state index in [9.17, 15) is 5.11 Å². The van der Waals surface area contributed by atoms with Crippen LogP contribution in [0, 0.1) is 0 Å². The highest BCUT2D eigenvalue weighted by molar-refractivity contribution is 5.40. The van der Waals surface area contributed by atoms with E-state index in [-0.39, 0.29) is 0 Å². The van der Waals surface area contributed by atoms with Crippen LogP contribution in [0.25, 0.3) is 0 Å². The second-order valence-electron chi connectivity index (χ2n) is 4.25. The maximum atomic E-state index is 9.95. The fourth-order valence-corrected chi connectivity index (χ4v) is 2.33. The molecule has 16 heavy (non-hydrogen) atoms. The van der Waals surface area contributed by atoms with Crippen molar-refractivity contribution in [3.8, 4) is 0 Å². The van der Waals surface area contributed by atoms with Gasteiger partial charge in [0.2, 0.25) is 0 Å². The number of nitrogens with zero attached hydrogens (tertiary/aromatic N) is 2. The van der Waals surface area contributed by atoms with Crippen molar-refractivity contribution in [2.45, 2.75) is 24.9 Å². The van der Waals surface area contributed by atoms with Gasteiger partial charge >= 0.3 is 0 Å². The third-order valence-electron chi connectivity index (χ3n) is 3.24. The number of fused-ring (bicyclic) bond motifs is 1. The molecule has 82 valence electrons. The van der Waals surface area contributed by atoms with Gasteiger partial charge in [-0.1, -0.05) is 24.3 Å². The minimum absolute atomic E-state index is 0.461. The molecule has 1 aliphatic carbocycles. The maximum Gasteiger partial charge on any atom is 0.111 e. The van der Waals surface area contributed by atoms with Gasteiger partial charge in [-0.15, -0.1) is 0 Å². The number of aromatic amines is 1. The lowest BCUT2D eigenvalue weighted by molar-refractivity contribution is 0.149. The van der Waals surface area contributed by atoms with Crippen LogP contribution in [0.1, 0.15) is 35.3 Å².